The van der Waals surface area contributed by atoms with Gasteiger partial charge < -0.3 is 4.74 Å². The van der Waals surface area contributed by atoms with Crippen LogP contribution in [0.5, 0.6) is 0 Å². The van der Waals surface area contributed by atoms with Crippen LogP contribution in [-0.2, 0) is 19.6 Å². The van der Waals surface area contributed by atoms with Crippen molar-refractivity contribution in [2.24, 2.45) is 0 Å². The van der Waals surface area contributed by atoms with Crippen molar-refractivity contribution in [2.75, 3.05) is 20.7 Å². The highest BCUT2D eigenvalue weighted by Crippen LogP contribution is 2.21. The number of sulfonamides is 1. The number of esters is 1. The van der Waals surface area contributed by atoms with Gasteiger partial charge in [0.15, 0.2) is 0 Å². The minimum absolute atomic E-state index is 0.0544. The molecule has 8 heteroatoms. The molecule has 0 aliphatic rings. The fourth-order valence-electron chi connectivity index (χ4n) is 1.66. The standard InChI is InChI=1S/C13H15FN2O4S/c1-16(8-4-7-13(17)20-2)21(18,19)12-6-3-5-11(14)10(12)9-15/h3,5-6H,4,7-8H2,1-2H3. The van der Waals surface area contributed by atoms with E-state index in [-0.39, 0.29) is 24.3 Å². The molecule has 0 fully saturated rings. The van der Waals surface area contributed by atoms with Crippen molar-refractivity contribution in [3.8, 4) is 6.07 Å². The number of nitrogens with zero attached hydrogens (tertiary/aromatic N) is 2. The summed E-state index contributed by atoms with van der Waals surface area (Å²) in [5.41, 5.74) is -0.516. The minimum Gasteiger partial charge on any atom is -0.469 e. The van der Waals surface area contributed by atoms with E-state index in [1.165, 1.54) is 26.3 Å². The van der Waals surface area contributed by atoms with Gasteiger partial charge in [-0.1, -0.05) is 6.07 Å². The smallest absolute Gasteiger partial charge is 0.305 e. The zero-order valence-electron chi connectivity index (χ0n) is 11.7. The number of methoxy groups -OCH3 is 1. The van der Waals surface area contributed by atoms with Gasteiger partial charge in [-0.15, -0.1) is 0 Å². The number of ether oxygens (including phenoxy) is 1. The number of carbonyl (C=O) groups excluding carboxylic acids is 1. The lowest BCUT2D eigenvalue weighted by Crippen LogP contribution is -2.29. The third-order valence-corrected chi connectivity index (χ3v) is 4.76. The molecule has 1 aromatic rings. The third kappa shape index (κ3) is 4.00. The van der Waals surface area contributed by atoms with Crippen LogP contribution < -0.4 is 0 Å². The Morgan fingerprint density at radius 2 is 2.14 bits per heavy atom. The molecule has 0 unspecified atom stereocenters. The number of hydrogen-bond donors (Lipinski definition) is 0. The molecule has 114 valence electrons. The lowest BCUT2D eigenvalue weighted by Gasteiger charge is -2.17. The lowest BCUT2D eigenvalue weighted by atomic mass is 10.2. The number of benzene rings is 1. The molecule has 0 saturated carbocycles. The first-order valence-electron chi connectivity index (χ1n) is 6.06. The molecule has 0 aliphatic carbocycles. The molecule has 0 aromatic heterocycles. The molecule has 0 atom stereocenters. The maximum Gasteiger partial charge on any atom is 0.305 e. The van der Waals surface area contributed by atoms with E-state index in [4.69, 9.17) is 5.26 Å². The first kappa shape index (κ1) is 17.1. The topological polar surface area (TPSA) is 87.5 Å². The van der Waals surface area contributed by atoms with Crippen LogP contribution in [-0.4, -0.2) is 39.4 Å². The molecule has 0 bridgehead atoms. The molecule has 0 N–H and O–H groups in total. The van der Waals surface area contributed by atoms with Crippen LogP contribution in [0, 0.1) is 17.1 Å². The Kier molecular flexibility index (Phi) is 5.81. The third-order valence-electron chi connectivity index (χ3n) is 2.86. The monoisotopic (exact) mass is 314 g/mol. The molecular weight excluding hydrogens is 299 g/mol. The van der Waals surface area contributed by atoms with E-state index < -0.39 is 27.4 Å². The first-order chi connectivity index (χ1) is 9.84. The largest absolute Gasteiger partial charge is 0.469 e. The highest BCUT2D eigenvalue weighted by Gasteiger charge is 2.25. The molecule has 0 heterocycles. The molecule has 0 aliphatic heterocycles. The lowest BCUT2D eigenvalue weighted by molar-refractivity contribution is -0.140. The van der Waals surface area contributed by atoms with E-state index in [0.717, 1.165) is 10.4 Å². The Bertz CT molecular complexity index is 667. The summed E-state index contributed by atoms with van der Waals surface area (Å²) in [6.07, 6.45) is 0.338. The summed E-state index contributed by atoms with van der Waals surface area (Å²) in [4.78, 5) is 10.6. The van der Waals surface area contributed by atoms with Crippen LogP contribution >= 0.6 is 0 Å². The maximum absolute atomic E-state index is 13.5. The highest BCUT2D eigenvalue weighted by molar-refractivity contribution is 7.89. The van der Waals surface area contributed by atoms with Crippen LogP contribution in [0.25, 0.3) is 0 Å². The van der Waals surface area contributed by atoms with Crippen LogP contribution in [0.2, 0.25) is 0 Å². The molecule has 0 amide bonds. The maximum atomic E-state index is 13.5. The normalized spacial score (nSPS) is 11.2. The molecule has 1 rings (SSSR count). The van der Waals surface area contributed by atoms with Gasteiger partial charge in [-0.3, -0.25) is 4.79 Å². The Morgan fingerprint density at radius 3 is 2.71 bits per heavy atom. The summed E-state index contributed by atoms with van der Waals surface area (Å²) >= 11 is 0. The molecule has 0 spiro atoms. The molecule has 21 heavy (non-hydrogen) atoms. The summed E-state index contributed by atoms with van der Waals surface area (Å²) < 4.78 is 43.5. The summed E-state index contributed by atoms with van der Waals surface area (Å²) in [5, 5.41) is 8.89. The summed E-state index contributed by atoms with van der Waals surface area (Å²) in [7, 11) is -1.44. The number of hydrogen-bond acceptors (Lipinski definition) is 5. The van der Waals surface area contributed by atoms with Gasteiger partial charge in [0, 0.05) is 20.0 Å². The van der Waals surface area contributed by atoms with Gasteiger partial charge in [0.2, 0.25) is 10.0 Å². The summed E-state index contributed by atoms with van der Waals surface area (Å²) in [6.45, 7) is 0.0544. The van der Waals surface area contributed by atoms with Crippen molar-refractivity contribution < 1.29 is 22.3 Å². The van der Waals surface area contributed by atoms with Crippen LogP contribution in [0.1, 0.15) is 18.4 Å². The highest BCUT2D eigenvalue weighted by atomic mass is 32.2. The second-order valence-corrected chi connectivity index (χ2v) is 6.24. The van der Waals surface area contributed by atoms with E-state index >= 15 is 0 Å². The fourth-order valence-corrected chi connectivity index (χ4v) is 3.02. The second kappa shape index (κ2) is 7.15. The van der Waals surface area contributed by atoms with Crippen LogP contribution in [0.4, 0.5) is 4.39 Å². The van der Waals surface area contributed by atoms with Crippen molar-refractivity contribution in [3.63, 3.8) is 0 Å². The number of carbonyl (C=O) groups is 1. The van der Waals surface area contributed by atoms with Gasteiger partial charge in [0.25, 0.3) is 0 Å². The molecule has 6 nitrogen and oxygen atoms in total. The molecule has 1 aromatic carbocycles. The second-order valence-electron chi connectivity index (χ2n) is 4.23. The average molecular weight is 314 g/mol. The number of rotatable bonds is 6. The first-order valence-corrected chi connectivity index (χ1v) is 7.50. The summed E-state index contributed by atoms with van der Waals surface area (Å²) in [5.74, 6) is -1.33. The van der Waals surface area contributed by atoms with Crippen LogP contribution in [0.3, 0.4) is 0 Å². The Morgan fingerprint density at radius 1 is 1.48 bits per heavy atom. The van der Waals surface area contributed by atoms with Gasteiger partial charge in [-0.25, -0.2) is 17.1 Å². The van der Waals surface area contributed by atoms with E-state index in [1.54, 1.807) is 6.07 Å². The van der Waals surface area contributed by atoms with Gasteiger partial charge in [-0.2, -0.15) is 5.26 Å². The zero-order valence-corrected chi connectivity index (χ0v) is 12.5. The Balaban J connectivity index is 2.94. The predicted molar refractivity (Wildman–Crippen MR) is 72.2 cm³/mol. The number of halogens is 1. The summed E-state index contributed by atoms with van der Waals surface area (Å²) in [6, 6.07) is 4.98. The van der Waals surface area contributed by atoms with Crippen molar-refractivity contribution in [2.45, 2.75) is 17.7 Å². The zero-order chi connectivity index (χ0) is 16.0. The van der Waals surface area contributed by atoms with Crippen molar-refractivity contribution in [1.82, 2.24) is 4.31 Å². The van der Waals surface area contributed by atoms with Crippen molar-refractivity contribution in [1.29, 1.82) is 5.26 Å². The number of nitriles is 1. The van der Waals surface area contributed by atoms with E-state index in [9.17, 15) is 17.6 Å². The van der Waals surface area contributed by atoms with Gasteiger partial charge in [0.05, 0.1) is 7.11 Å². The molecular formula is C13H15FN2O4S. The van der Waals surface area contributed by atoms with Gasteiger partial charge in [-0.05, 0) is 18.6 Å². The van der Waals surface area contributed by atoms with Crippen molar-refractivity contribution >= 4 is 16.0 Å². The minimum atomic E-state index is -3.99. The van der Waals surface area contributed by atoms with Gasteiger partial charge in [0.1, 0.15) is 22.3 Å². The molecule has 0 saturated heterocycles. The van der Waals surface area contributed by atoms with Gasteiger partial charge >= 0.3 is 5.97 Å². The molecule has 0 radical (unpaired) electrons. The Hall–Kier alpha value is -1.98. The van der Waals surface area contributed by atoms with Crippen molar-refractivity contribution in [3.05, 3.63) is 29.6 Å². The Labute approximate surface area is 122 Å². The van der Waals surface area contributed by atoms with E-state index in [1.807, 2.05) is 0 Å². The SMILES string of the molecule is COC(=O)CCCN(C)S(=O)(=O)c1cccc(F)c1C#N. The van der Waals surface area contributed by atoms with Crippen LogP contribution in [0.15, 0.2) is 23.1 Å². The fraction of sp³-hybridized carbons (Fsp3) is 0.385. The predicted octanol–water partition coefficient (Wildman–Crippen LogP) is 1.27. The van der Waals surface area contributed by atoms with E-state index in [2.05, 4.69) is 4.74 Å². The average Bonchev–Trinajstić information content (AvgIpc) is 2.46. The van der Waals surface area contributed by atoms with E-state index in [0.29, 0.717) is 0 Å². The quantitative estimate of drug-likeness (QED) is 0.738.